The molecule has 1 atom stereocenters. The van der Waals surface area contributed by atoms with E-state index in [2.05, 4.69) is 0 Å². The van der Waals surface area contributed by atoms with Crippen LogP contribution in [-0.2, 0) is 9.53 Å². The number of likely N-dealkylation sites (N-methyl/N-ethyl adjacent to an activating group) is 1. The van der Waals surface area contributed by atoms with Gasteiger partial charge in [0, 0.05) is 20.7 Å². The Hall–Kier alpha value is -0.610. The molecule has 0 heterocycles. The lowest BCUT2D eigenvalue weighted by molar-refractivity contribution is -0.132. The molecule has 13 heavy (non-hydrogen) atoms. The van der Waals surface area contributed by atoms with Crippen LogP contribution in [-0.4, -0.2) is 44.2 Å². The first-order valence-electron chi connectivity index (χ1n) is 4.50. The molecule has 0 bridgehead atoms. The number of rotatable bonds is 5. The van der Waals surface area contributed by atoms with Gasteiger partial charge in [-0.1, -0.05) is 13.8 Å². The summed E-state index contributed by atoms with van der Waals surface area (Å²) in [6, 6.07) is -0.401. The second-order valence-corrected chi connectivity index (χ2v) is 3.52. The van der Waals surface area contributed by atoms with E-state index in [1.165, 1.54) is 0 Å². The van der Waals surface area contributed by atoms with Gasteiger partial charge in [-0.05, 0) is 5.92 Å². The smallest absolute Gasteiger partial charge is 0.239 e. The summed E-state index contributed by atoms with van der Waals surface area (Å²) < 4.78 is 4.87. The van der Waals surface area contributed by atoms with Crippen molar-refractivity contribution in [2.75, 3.05) is 27.3 Å². The van der Waals surface area contributed by atoms with Gasteiger partial charge in [0.15, 0.2) is 0 Å². The van der Waals surface area contributed by atoms with Crippen molar-refractivity contribution in [2.45, 2.75) is 19.9 Å². The highest BCUT2D eigenvalue weighted by molar-refractivity contribution is 5.81. The van der Waals surface area contributed by atoms with Crippen molar-refractivity contribution in [3.05, 3.63) is 0 Å². The lowest BCUT2D eigenvalue weighted by atomic mass is 10.0. The van der Waals surface area contributed by atoms with Gasteiger partial charge in [0.1, 0.15) is 0 Å². The Morgan fingerprint density at radius 3 is 2.46 bits per heavy atom. The first kappa shape index (κ1) is 12.4. The van der Waals surface area contributed by atoms with Gasteiger partial charge in [0.2, 0.25) is 5.91 Å². The van der Waals surface area contributed by atoms with Crippen LogP contribution in [0, 0.1) is 5.92 Å². The zero-order valence-electron chi connectivity index (χ0n) is 8.91. The number of hydrogen-bond acceptors (Lipinski definition) is 3. The average Bonchev–Trinajstić information content (AvgIpc) is 2.11. The largest absolute Gasteiger partial charge is 0.383 e. The summed E-state index contributed by atoms with van der Waals surface area (Å²) in [7, 11) is 3.35. The molecule has 0 unspecified atom stereocenters. The topological polar surface area (TPSA) is 55.6 Å². The van der Waals surface area contributed by atoms with E-state index in [0.29, 0.717) is 13.2 Å². The summed E-state index contributed by atoms with van der Waals surface area (Å²) in [4.78, 5) is 13.1. The number of ether oxygens (including phenoxy) is 1. The van der Waals surface area contributed by atoms with Crippen molar-refractivity contribution in [3.8, 4) is 0 Å². The summed E-state index contributed by atoms with van der Waals surface area (Å²) in [5, 5.41) is 0. The van der Waals surface area contributed by atoms with Crippen LogP contribution in [0.4, 0.5) is 0 Å². The van der Waals surface area contributed by atoms with Crippen LogP contribution in [0.5, 0.6) is 0 Å². The fourth-order valence-corrected chi connectivity index (χ4v) is 0.878. The summed E-state index contributed by atoms with van der Waals surface area (Å²) in [5.74, 6) is 0.157. The fourth-order valence-electron chi connectivity index (χ4n) is 0.878. The van der Waals surface area contributed by atoms with E-state index in [0.717, 1.165) is 0 Å². The van der Waals surface area contributed by atoms with Gasteiger partial charge >= 0.3 is 0 Å². The molecule has 0 aromatic heterocycles. The highest BCUT2D eigenvalue weighted by Gasteiger charge is 2.20. The Kier molecular flexibility index (Phi) is 5.66. The summed E-state index contributed by atoms with van der Waals surface area (Å²) in [5.41, 5.74) is 5.70. The number of nitrogens with zero attached hydrogens (tertiary/aromatic N) is 1. The maximum atomic E-state index is 11.5. The maximum absolute atomic E-state index is 11.5. The van der Waals surface area contributed by atoms with Gasteiger partial charge in [0.25, 0.3) is 0 Å². The van der Waals surface area contributed by atoms with E-state index >= 15 is 0 Å². The molecule has 0 saturated carbocycles. The fraction of sp³-hybridized carbons (Fsp3) is 0.889. The standard InChI is InChI=1S/C9H20N2O2/c1-7(2)8(10)9(12)11(3)5-6-13-4/h7-8H,5-6,10H2,1-4H3/t8-/m0/s1. The Labute approximate surface area is 80.0 Å². The third kappa shape index (κ3) is 4.24. The molecule has 4 heteroatoms. The zero-order valence-corrected chi connectivity index (χ0v) is 8.91. The Morgan fingerprint density at radius 2 is 2.08 bits per heavy atom. The van der Waals surface area contributed by atoms with Gasteiger partial charge in [-0.3, -0.25) is 4.79 Å². The molecule has 2 N–H and O–H groups in total. The van der Waals surface area contributed by atoms with Crippen LogP contribution in [0.25, 0.3) is 0 Å². The molecular formula is C9H20N2O2. The van der Waals surface area contributed by atoms with Crippen molar-refractivity contribution in [1.29, 1.82) is 0 Å². The second kappa shape index (κ2) is 5.94. The predicted octanol–water partition coefficient (Wildman–Crippen LogP) is 0.0745. The first-order valence-corrected chi connectivity index (χ1v) is 4.50. The van der Waals surface area contributed by atoms with E-state index in [4.69, 9.17) is 10.5 Å². The van der Waals surface area contributed by atoms with E-state index in [9.17, 15) is 4.79 Å². The lowest BCUT2D eigenvalue weighted by Crippen LogP contribution is -2.45. The van der Waals surface area contributed by atoms with Crippen LogP contribution in [0.2, 0.25) is 0 Å². The van der Waals surface area contributed by atoms with E-state index in [-0.39, 0.29) is 11.8 Å². The van der Waals surface area contributed by atoms with Crippen molar-refractivity contribution in [1.82, 2.24) is 4.90 Å². The molecule has 1 amide bonds. The van der Waals surface area contributed by atoms with Crippen molar-refractivity contribution in [2.24, 2.45) is 11.7 Å². The third-order valence-corrected chi connectivity index (χ3v) is 2.01. The van der Waals surface area contributed by atoms with Gasteiger partial charge < -0.3 is 15.4 Å². The number of hydrogen-bond donors (Lipinski definition) is 1. The normalized spacial score (nSPS) is 13.1. The molecule has 0 aromatic carbocycles. The number of carbonyl (C=O) groups excluding carboxylic acids is 1. The molecule has 0 aliphatic rings. The van der Waals surface area contributed by atoms with Crippen LogP contribution in [0.3, 0.4) is 0 Å². The minimum Gasteiger partial charge on any atom is -0.383 e. The Morgan fingerprint density at radius 1 is 1.54 bits per heavy atom. The average molecular weight is 188 g/mol. The molecule has 0 spiro atoms. The van der Waals surface area contributed by atoms with E-state index < -0.39 is 6.04 Å². The quantitative estimate of drug-likeness (QED) is 0.664. The number of amides is 1. The van der Waals surface area contributed by atoms with Gasteiger partial charge in [-0.2, -0.15) is 0 Å². The van der Waals surface area contributed by atoms with E-state index in [1.807, 2.05) is 13.8 Å². The number of nitrogens with two attached hydrogens (primary N) is 1. The van der Waals surface area contributed by atoms with Gasteiger partial charge in [-0.25, -0.2) is 0 Å². The SMILES string of the molecule is COCCN(C)C(=O)[C@@H](N)C(C)C. The molecular weight excluding hydrogens is 168 g/mol. The molecule has 0 saturated heterocycles. The lowest BCUT2D eigenvalue weighted by Gasteiger charge is -2.22. The van der Waals surface area contributed by atoms with Gasteiger partial charge in [0.05, 0.1) is 12.6 Å². The van der Waals surface area contributed by atoms with Gasteiger partial charge in [-0.15, -0.1) is 0 Å². The van der Waals surface area contributed by atoms with Crippen LogP contribution in [0.1, 0.15) is 13.8 Å². The van der Waals surface area contributed by atoms with Crippen molar-refractivity contribution >= 4 is 5.91 Å². The molecule has 0 aromatic rings. The molecule has 0 fully saturated rings. The minimum absolute atomic E-state index is 0.0212. The molecule has 0 rings (SSSR count). The Balaban J connectivity index is 3.94. The monoisotopic (exact) mass is 188 g/mol. The highest BCUT2D eigenvalue weighted by atomic mass is 16.5. The van der Waals surface area contributed by atoms with Crippen molar-refractivity contribution in [3.63, 3.8) is 0 Å². The first-order chi connectivity index (χ1) is 6.00. The van der Waals surface area contributed by atoms with Crippen molar-refractivity contribution < 1.29 is 9.53 Å². The summed E-state index contributed by atoms with van der Waals surface area (Å²) in [6.45, 7) is 5.02. The molecule has 0 aliphatic heterocycles. The van der Waals surface area contributed by atoms with Crippen LogP contribution in [0.15, 0.2) is 0 Å². The third-order valence-electron chi connectivity index (χ3n) is 2.01. The second-order valence-electron chi connectivity index (χ2n) is 3.52. The van der Waals surface area contributed by atoms with Crippen LogP contribution >= 0.6 is 0 Å². The maximum Gasteiger partial charge on any atom is 0.239 e. The van der Waals surface area contributed by atoms with Crippen LogP contribution < -0.4 is 5.73 Å². The molecule has 78 valence electrons. The van der Waals surface area contributed by atoms with E-state index in [1.54, 1.807) is 19.1 Å². The molecule has 0 aliphatic carbocycles. The number of carbonyl (C=O) groups is 1. The zero-order chi connectivity index (χ0) is 10.4. The summed E-state index contributed by atoms with van der Waals surface area (Å²) in [6.07, 6.45) is 0. The predicted molar refractivity (Wildman–Crippen MR) is 52.3 cm³/mol. The minimum atomic E-state index is -0.401. The molecule has 0 radical (unpaired) electrons. The Bertz CT molecular complexity index is 160. The summed E-state index contributed by atoms with van der Waals surface area (Å²) >= 11 is 0. The number of methoxy groups -OCH3 is 1. The molecule has 4 nitrogen and oxygen atoms in total. The highest BCUT2D eigenvalue weighted by Crippen LogP contribution is 2.01.